The van der Waals surface area contributed by atoms with Crippen LogP contribution in [0, 0.1) is 0 Å². The van der Waals surface area contributed by atoms with E-state index in [9.17, 15) is 14.4 Å². The molecule has 1 aromatic heterocycles. The van der Waals surface area contributed by atoms with Crippen molar-refractivity contribution in [2.45, 2.75) is 18.6 Å². The zero-order valence-electron chi connectivity index (χ0n) is 17.0. The number of thiophene rings is 1. The number of halogens is 1. The van der Waals surface area contributed by atoms with Crippen molar-refractivity contribution in [3.05, 3.63) is 51.2 Å². The summed E-state index contributed by atoms with van der Waals surface area (Å²) in [4.78, 5) is 40.9. The number of likely N-dealkylation sites (N-methyl/N-ethyl adjacent to an activating group) is 1. The van der Waals surface area contributed by atoms with E-state index in [2.05, 4.69) is 10.6 Å². The average Bonchev–Trinajstić information content (AvgIpc) is 3.31. The van der Waals surface area contributed by atoms with Gasteiger partial charge >= 0.3 is 0 Å². The lowest BCUT2D eigenvalue weighted by Crippen LogP contribution is -2.50. The minimum Gasteiger partial charge on any atom is -0.370 e. The van der Waals surface area contributed by atoms with Gasteiger partial charge in [0.05, 0.1) is 21.9 Å². The van der Waals surface area contributed by atoms with E-state index in [4.69, 9.17) is 16.3 Å². The number of benzene rings is 1. The Kier molecular flexibility index (Phi) is 6.57. The van der Waals surface area contributed by atoms with Crippen LogP contribution in [0.15, 0.2) is 36.4 Å². The van der Waals surface area contributed by atoms with Gasteiger partial charge in [0.25, 0.3) is 11.8 Å². The number of carbonyl (C=O) groups excluding carboxylic acids is 3. The lowest BCUT2D eigenvalue weighted by atomic mass is 10.1. The minimum atomic E-state index is -0.523. The summed E-state index contributed by atoms with van der Waals surface area (Å²) in [5, 5.41) is 6.21. The standard InChI is InChI=1S/C21H23ClN4O4S/c1-25-11-15(24-20(28)16-6-7-17(22)31-16)19(21(25)29)23-10-13-2-4-14(5-3-13)26-8-9-30-12-18(26)27/h2-7,15,19,23H,8-12H2,1H3,(H,24,28)/t15-,19-/m1/s1. The number of morpholine rings is 1. The summed E-state index contributed by atoms with van der Waals surface area (Å²) in [6, 6.07) is 10.1. The predicted octanol–water partition coefficient (Wildman–Crippen LogP) is 1.49. The third kappa shape index (κ3) is 4.90. The molecule has 2 aliphatic rings. The van der Waals surface area contributed by atoms with E-state index < -0.39 is 6.04 Å². The van der Waals surface area contributed by atoms with Crippen molar-refractivity contribution in [3.8, 4) is 0 Å². The second-order valence-electron chi connectivity index (χ2n) is 7.53. The van der Waals surface area contributed by atoms with Gasteiger partial charge in [-0.3, -0.25) is 19.7 Å². The molecule has 0 bridgehead atoms. The first kappa shape index (κ1) is 21.8. The zero-order valence-corrected chi connectivity index (χ0v) is 18.5. The maximum Gasteiger partial charge on any atom is 0.261 e. The van der Waals surface area contributed by atoms with Gasteiger partial charge in [0.1, 0.15) is 12.6 Å². The normalized spacial score (nSPS) is 21.6. The first-order valence-electron chi connectivity index (χ1n) is 9.94. The highest BCUT2D eigenvalue weighted by Crippen LogP contribution is 2.22. The van der Waals surface area contributed by atoms with Crippen molar-refractivity contribution in [1.29, 1.82) is 0 Å². The third-order valence-corrected chi connectivity index (χ3v) is 6.62. The Morgan fingerprint density at radius 1 is 1.23 bits per heavy atom. The van der Waals surface area contributed by atoms with Gasteiger partial charge in [-0.2, -0.15) is 0 Å². The van der Waals surface area contributed by atoms with E-state index >= 15 is 0 Å². The molecule has 0 unspecified atom stereocenters. The minimum absolute atomic E-state index is 0.0534. The van der Waals surface area contributed by atoms with Crippen molar-refractivity contribution >= 4 is 46.3 Å². The van der Waals surface area contributed by atoms with Crippen LogP contribution in [-0.4, -0.2) is 68.1 Å². The fourth-order valence-corrected chi connectivity index (χ4v) is 4.69. The molecule has 8 nitrogen and oxygen atoms in total. The van der Waals surface area contributed by atoms with Gasteiger partial charge in [0, 0.05) is 32.4 Å². The number of ether oxygens (including phenoxy) is 1. The number of carbonyl (C=O) groups is 3. The Morgan fingerprint density at radius 3 is 2.68 bits per heavy atom. The molecule has 0 aliphatic carbocycles. The summed E-state index contributed by atoms with van der Waals surface area (Å²) in [5.41, 5.74) is 1.80. The molecule has 2 atom stereocenters. The molecular weight excluding hydrogens is 440 g/mol. The molecule has 4 rings (SSSR count). The summed E-state index contributed by atoms with van der Waals surface area (Å²) in [6.45, 7) is 2.05. The summed E-state index contributed by atoms with van der Waals surface area (Å²) in [7, 11) is 1.72. The molecule has 31 heavy (non-hydrogen) atoms. The van der Waals surface area contributed by atoms with E-state index in [1.54, 1.807) is 29.0 Å². The van der Waals surface area contributed by atoms with Gasteiger partial charge in [-0.05, 0) is 29.8 Å². The van der Waals surface area contributed by atoms with Crippen LogP contribution in [0.5, 0.6) is 0 Å². The van der Waals surface area contributed by atoms with Crippen LogP contribution < -0.4 is 15.5 Å². The Hall–Kier alpha value is -2.46. The Bertz CT molecular complexity index is 980. The van der Waals surface area contributed by atoms with Gasteiger partial charge < -0.3 is 19.9 Å². The second-order valence-corrected chi connectivity index (χ2v) is 9.24. The highest BCUT2D eigenvalue weighted by Gasteiger charge is 2.39. The molecule has 1 aromatic carbocycles. The highest BCUT2D eigenvalue weighted by atomic mass is 35.5. The van der Waals surface area contributed by atoms with Crippen LogP contribution in [0.1, 0.15) is 15.2 Å². The molecule has 2 aromatic rings. The number of nitrogens with zero attached hydrogens (tertiary/aromatic N) is 2. The number of rotatable bonds is 6. The van der Waals surface area contributed by atoms with Crippen LogP contribution in [0.25, 0.3) is 0 Å². The molecule has 3 heterocycles. The number of amides is 3. The molecule has 164 valence electrons. The number of anilines is 1. The van der Waals surface area contributed by atoms with Gasteiger partial charge in [-0.1, -0.05) is 23.7 Å². The largest absolute Gasteiger partial charge is 0.370 e. The number of hydrogen-bond donors (Lipinski definition) is 2. The van der Waals surface area contributed by atoms with Gasteiger partial charge in [0.2, 0.25) is 5.91 Å². The molecule has 2 N–H and O–H groups in total. The van der Waals surface area contributed by atoms with Gasteiger partial charge in [0.15, 0.2) is 0 Å². The summed E-state index contributed by atoms with van der Waals surface area (Å²) >= 11 is 7.12. The zero-order chi connectivity index (χ0) is 22.0. The number of hydrogen-bond acceptors (Lipinski definition) is 6. The fraction of sp³-hybridized carbons (Fsp3) is 0.381. The summed E-state index contributed by atoms with van der Waals surface area (Å²) in [5.74, 6) is -0.358. The van der Waals surface area contributed by atoms with Crippen LogP contribution in [0.4, 0.5) is 5.69 Å². The highest BCUT2D eigenvalue weighted by molar-refractivity contribution is 7.18. The molecule has 2 saturated heterocycles. The van der Waals surface area contributed by atoms with Crippen LogP contribution >= 0.6 is 22.9 Å². The van der Waals surface area contributed by atoms with Gasteiger partial charge in [-0.15, -0.1) is 11.3 Å². The molecule has 2 fully saturated rings. The summed E-state index contributed by atoms with van der Waals surface area (Å²) in [6.07, 6.45) is 0. The molecule has 0 spiro atoms. The first-order chi connectivity index (χ1) is 14.9. The Balaban J connectivity index is 1.38. The van der Waals surface area contributed by atoms with E-state index in [0.29, 0.717) is 35.5 Å². The smallest absolute Gasteiger partial charge is 0.261 e. The molecule has 3 amide bonds. The summed E-state index contributed by atoms with van der Waals surface area (Å²) < 4.78 is 5.71. The first-order valence-corrected chi connectivity index (χ1v) is 11.1. The van der Waals surface area contributed by atoms with Crippen molar-refractivity contribution in [3.63, 3.8) is 0 Å². The third-order valence-electron chi connectivity index (χ3n) is 5.39. The molecule has 0 radical (unpaired) electrons. The predicted molar refractivity (Wildman–Crippen MR) is 118 cm³/mol. The van der Waals surface area contributed by atoms with E-state index in [-0.39, 0.29) is 30.4 Å². The van der Waals surface area contributed by atoms with E-state index in [0.717, 1.165) is 11.3 Å². The van der Waals surface area contributed by atoms with Gasteiger partial charge in [-0.25, -0.2) is 0 Å². The lowest BCUT2D eigenvalue weighted by Gasteiger charge is -2.27. The number of likely N-dealkylation sites (tertiary alicyclic amines) is 1. The monoisotopic (exact) mass is 462 g/mol. The van der Waals surface area contributed by atoms with Crippen LogP contribution in [0.2, 0.25) is 4.34 Å². The molecule has 10 heteroatoms. The van der Waals surface area contributed by atoms with Crippen molar-refractivity contribution in [2.24, 2.45) is 0 Å². The lowest BCUT2D eigenvalue weighted by molar-refractivity contribution is -0.128. The SMILES string of the molecule is CN1C[C@@H](NC(=O)c2ccc(Cl)s2)[C@@H](NCc2ccc(N3CCOCC3=O)cc2)C1=O. The van der Waals surface area contributed by atoms with E-state index in [1.165, 1.54) is 11.3 Å². The van der Waals surface area contributed by atoms with Crippen molar-refractivity contribution < 1.29 is 19.1 Å². The average molecular weight is 463 g/mol. The quantitative estimate of drug-likeness (QED) is 0.678. The Morgan fingerprint density at radius 2 is 2.00 bits per heavy atom. The Labute approximate surface area is 189 Å². The topological polar surface area (TPSA) is 91.0 Å². The number of nitrogens with one attached hydrogen (secondary N) is 2. The molecular formula is C21H23ClN4O4S. The second kappa shape index (κ2) is 9.35. The van der Waals surface area contributed by atoms with Crippen molar-refractivity contribution in [2.75, 3.05) is 38.3 Å². The maximum absolute atomic E-state index is 12.6. The van der Waals surface area contributed by atoms with Crippen molar-refractivity contribution in [1.82, 2.24) is 15.5 Å². The molecule has 0 saturated carbocycles. The van der Waals surface area contributed by atoms with E-state index in [1.807, 2.05) is 24.3 Å². The fourth-order valence-electron chi connectivity index (χ4n) is 3.75. The van der Waals surface area contributed by atoms with Crippen LogP contribution in [-0.2, 0) is 20.9 Å². The van der Waals surface area contributed by atoms with Crippen LogP contribution in [0.3, 0.4) is 0 Å². The molecule has 2 aliphatic heterocycles. The maximum atomic E-state index is 12.6.